The van der Waals surface area contributed by atoms with Crippen molar-refractivity contribution in [1.82, 2.24) is 4.90 Å². The third-order valence-corrected chi connectivity index (χ3v) is 4.41. The largest absolute Gasteiger partial charge is 0.369 e. The fraction of sp³-hybridized carbons (Fsp3) is 0.467. The maximum absolute atomic E-state index is 12.0. The third-order valence-electron chi connectivity index (χ3n) is 4.41. The molecule has 1 amide bonds. The minimum atomic E-state index is -0.339. The Hall–Kier alpha value is -1.84. The summed E-state index contributed by atoms with van der Waals surface area (Å²) in [6, 6.07) is 10.4. The molecule has 2 N–H and O–H groups in total. The average molecular weight is 257 g/mol. The molecule has 0 unspecified atom stereocenters. The molecule has 0 aromatic heterocycles. The van der Waals surface area contributed by atoms with E-state index in [2.05, 4.69) is 36.2 Å². The lowest BCUT2D eigenvalue weighted by atomic mass is 9.88. The van der Waals surface area contributed by atoms with Crippen molar-refractivity contribution >= 4 is 11.9 Å². The van der Waals surface area contributed by atoms with Gasteiger partial charge in [-0.15, -0.1) is 0 Å². The van der Waals surface area contributed by atoms with Crippen molar-refractivity contribution in [2.45, 2.75) is 31.2 Å². The molecule has 0 spiro atoms. The second kappa shape index (κ2) is 4.08. The number of carbonyl (C=O) groups is 1. The first-order valence-electron chi connectivity index (χ1n) is 6.68. The summed E-state index contributed by atoms with van der Waals surface area (Å²) in [5, 5.41) is 0. The first-order valence-corrected chi connectivity index (χ1v) is 6.68. The maximum atomic E-state index is 12.0. The number of amides is 1. The van der Waals surface area contributed by atoms with Gasteiger partial charge in [0, 0.05) is 7.05 Å². The first kappa shape index (κ1) is 12.2. The van der Waals surface area contributed by atoms with Crippen LogP contribution in [0.15, 0.2) is 35.3 Å². The van der Waals surface area contributed by atoms with Gasteiger partial charge in [0.1, 0.15) is 0 Å². The van der Waals surface area contributed by atoms with E-state index in [9.17, 15) is 4.79 Å². The normalized spacial score (nSPS) is 34.1. The Balaban J connectivity index is 1.83. The lowest BCUT2D eigenvalue weighted by molar-refractivity contribution is -0.128. The summed E-state index contributed by atoms with van der Waals surface area (Å²) < 4.78 is 0. The van der Waals surface area contributed by atoms with Gasteiger partial charge in [0.25, 0.3) is 0 Å². The molecule has 19 heavy (non-hydrogen) atoms. The summed E-state index contributed by atoms with van der Waals surface area (Å²) in [5.41, 5.74) is 6.85. The van der Waals surface area contributed by atoms with Crippen LogP contribution in [0.4, 0.5) is 0 Å². The van der Waals surface area contributed by atoms with E-state index in [-0.39, 0.29) is 11.4 Å². The van der Waals surface area contributed by atoms with Crippen molar-refractivity contribution < 1.29 is 4.79 Å². The van der Waals surface area contributed by atoms with Crippen molar-refractivity contribution in [1.29, 1.82) is 0 Å². The second-order valence-corrected chi connectivity index (χ2v) is 5.82. The standard InChI is InChI=1S/C15H19N3O/c1-15(9-13(19)18(2)14(16)17-15)12-8-11(12)10-6-4-3-5-7-10/h3-7,11-12H,8-9H2,1-2H3,(H2,16,17)/t11-,12-,15-/m0/s1. The molecule has 1 aromatic carbocycles. The van der Waals surface area contributed by atoms with Crippen molar-refractivity contribution in [3.63, 3.8) is 0 Å². The van der Waals surface area contributed by atoms with Crippen LogP contribution in [-0.2, 0) is 4.79 Å². The predicted molar refractivity (Wildman–Crippen MR) is 74.7 cm³/mol. The number of hydrogen-bond acceptors (Lipinski definition) is 3. The van der Waals surface area contributed by atoms with Gasteiger partial charge in [0.2, 0.25) is 5.91 Å². The monoisotopic (exact) mass is 257 g/mol. The van der Waals surface area contributed by atoms with E-state index in [1.807, 2.05) is 6.07 Å². The van der Waals surface area contributed by atoms with Crippen LogP contribution in [0, 0.1) is 5.92 Å². The molecule has 3 rings (SSSR count). The molecule has 4 nitrogen and oxygen atoms in total. The molecule has 1 fully saturated rings. The Morgan fingerprint density at radius 1 is 1.37 bits per heavy atom. The molecule has 0 bridgehead atoms. The van der Waals surface area contributed by atoms with E-state index in [1.54, 1.807) is 7.05 Å². The van der Waals surface area contributed by atoms with Crippen molar-refractivity contribution in [3.8, 4) is 0 Å². The molecular weight excluding hydrogens is 238 g/mol. The lowest BCUT2D eigenvalue weighted by Gasteiger charge is -2.33. The van der Waals surface area contributed by atoms with E-state index in [0.717, 1.165) is 6.42 Å². The van der Waals surface area contributed by atoms with Crippen LogP contribution >= 0.6 is 0 Å². The number of benzene rings is 1. The lowest BCUT2D eigenvalue weighted by Crippen LogP contribution is -2.49. The fourth-order valence-corrected chi connectivity index (χ4v) is 3.09. The van der Waals surface area contributed by atoms with Crippen LogP contribution in [0.3, 0.4) is 0 Å². The molecule has 1 saturated carbocycles. The Bertz CT molecular complexity index is 540. The smallest absolute Gasteiger partial charge is 0.231 e. The highest BCUT2D eigenvalue weighted by Crippen LogP contribution is 2.56. The van der Waals surface area contributed by atoms with E-state index in [1.165, 1.54) is 10.5 Å². The van der Waals surface area contributed by atoms with Crippen LogP contribution in [0.5, 0.6) is 0 Å². The SMILES string of the molecule is CN1C(=O)C[C@@](C)([C@H]2C[C@H]2c2ccccc2)N=C1N. The summed E-state index contributed by atoms with van der Waals surface area (Å²) in [6.45, 7) is 2.05. The zero-order valence-electron chi connectivity index (χ0n) is 11.3. The fourth-order valence-electron chi connectivity index (χ4n) is 3.09. The van der Waals surface area contributed by atoms with Crippen molar-refractivity contribution in [2.75, 3.05) is 7.05 Å². The zero-order valence-corrected chi connectivity index (χ0v) is 11.3. The molecular formula is C15H19N3O. The van der Waals surface area contributed by atoms with Crippen molar-refractivity contribution in [3.05, 3.63) is 35.9 Å². The van der Waals surface area contributed by atoms with Gasteiger partial charge in [-0.05, 0) is 30.7 Å². The van der Waals surface area contributed by atoms with E-state index in [0.29, 0.717) is 24.2 Å². The highest BCUT2D eigenvalue weighted by Gasteiger charge is 2.53. The average Bonchev–Trinajstić information content (AvgIpc) is 3.18. The molecule has 2 aliphatic rings. The second-order valence-electron chi connectivity index (χ2n) is 5.82. The minimum Gasteiger partial charge on any atom is -0.369 e. The molecule has 1 aromatic rings. The van der Waals surface area contributed by atoms with E-state index >= 15 is 0 Å². The molecule has 1 aliphatic heterocycles. The topological polar surface area (TPSA) is 58.7 Å². The Labute approximate surface area is 113 Å². The van der Waals surface area contributed by atoms with E-state index < -0.39 is 0 Å². The van der Waals surface area contributed by atoms with Crippen LogP contribution in [0.25, 0.3) is 0 Å². The van der Waals surface area contributed by atoms with Gasteiger partial charge in [-0.3, -0.25) is 9.69 Å². The molecule has 4 heteroatoms. The van der Waals surface area contributed by atoms with Gasteiger partial charge in [-0.25, -0.2) is 4.99 Å². The van der Waals surface area contributed by atoms with Gasteiger partial charge in [0.05, 0.1) is 12.0 Å². The summed E-state index contributed by atoms with van der Waals surface area (Å²) >= 11 is 0. The van der Waals surface area contributed by atoms with Gasteiger partial charge < -0.3 is 5.73 Å². The highest BCUT2D eigenvalue weighted by molar-refractivity contribution is 5.98. The molecule has 1 heterocycles. The van der Waals surface area contributed by atoms with Gasteiger partial charge in [-0.2, -0.15) is 0 Å². The third kappa shape index (κ3) is 2.01. The molecule has 0 radical (unpaired) electrons. The van der Waals surface area contributed by atoms with Gasteiger partial charge >= 0.3 is 0 Å². The van der Waals surface area contributed by atoms with Crippen molar-refractivity contribution in [2.24, 2.45) is 16.6 Å². The zero-order chi connectivity index (χ0) is 13.6. The number of guanidine groups is 1. The molecule has 0 saturated heterocycles. The van der Waals surface area contributed by atoms with Gasteiger partial charge in [0.15, 0.2) is 5.96 Å². The number of nitrogens with two attached hydrogens (primary N) is 1. The number of rotatable bonds is 2. The van der Waals surface area contributed by atoms with Crippen LogP contribution < -0.4 is 5.73 Å². The number of hydrogen-bond donors (Lipinski definition) is 1. The summed E-state index contributed by atoms with van der Waals surface area (Å²) in [7, 11) is 1.68. The predicted octanol–water partition coefficient (Wildman–Crippen LogP) is 1.73. The Morgan fingerprint density at radius 2 is 2.05 bits per heavy atom. The first-order chi connectivity index (χ1) is 9.01. The summed E-state index contributed by atoms with van der Waals surface area (Å²) in [6.07, 6.45) is 1.55. The van der Waals surface area contributed by atoms with Crippen LogP contribution in [0.2, 0.25) is 0 Å². The molecule has 3 atom stereocenters. The number of aliphatic imine (C=N–C) groups is 1. The minimum absolute atomic E-state index is 0.0636. The summed E-state index contributed by atoms with van der Waals surface area (Å²) in [4.78, 5) is 18.0. The van der Waals surface area contributed by atoms with E-state index in [4.69, 9.17) is 5.73 Å². The Morgan fingerprint density at radius 3 is 2.68 bits per heavy atom. The van der Waals surface area contributed by atoms with Crippen LogP contribution in [0.1, 0.15) is 31.2 Å². The number of carbonyl (C=O) groups excluding carboxylic acids is 1. The maximum Gasteiger partial charge on any atom is 0.231 e. The molecule has 1 aliphatic carbocycles. The number of nitrogens with zero attached hydrogens (tertiary/aromatic N) is 2. The quantitative estimate of drug-likeness (QED) is 0.877. The highest BCUT2D eigenvalue weighted by atomic mass is 16.2. The summed E-state index contributed by atoms with van der Waals surface area (Å²) in [5.74, 6) is 1.34. The molecule has 100 valence electrons. The van der Waals surface area contributed by atoms with Crippen LogP contribution in [-0.4, -0.2) is 29.4 Å². The Kier molecular flexibility index (Phi) is 2.62. The van der Waals surface area contributed by atoms with Gasteiger partial charge in [-0.1, -0.05) is 30.3 Å².